The standard InChI is InChI=1S/C12H2F8O2/c13-3-1(4(14)7(17)8(18)6(3)16)2-5(15)12(22)10(20)9(19)11(2)21/h21-22H. The van der Waals surface area contributed by atoms with E-state index in [1.54, 1.807) is 0 Å². The molecule has 0 atom stereocenters. The van der Waals surface area contributed by atoms with Crippen LogP contribution < -0.4 is 0 Å². The lowest BCUT2D eigenvalue weighted by molar-refractivity contribution is 0.350. The average Bonchev–Trinajstić information content (AvgIpc) is 2.50. The van der Waals surface area contributed by atoms with Gasteiger partial charge in [-0.3, -0.25) is 0 Å². The normalized spacial score (nSPS) is 11.1. The van der Waals surface area contributed by atoms with Crippen molar-refractivity contribution in [2.45, 2.75) is 0 Å². The van der Waals surface area contributed by atoms with Crippen molar-refractivity contribution in [3.63, 3.8) is 0 Å². The molecule has 0 aliphatic carbocycles. The van der Waals surface area contributed by atoms with Gasteiger partial charge in [0.05, 0.1) is 11.1 Å². The summed E-state index contributed by atoms with van der Waals surface area (Å²) in [6.45, 7) is 0. The molecule has 2 aromatic rings. The third-order valence-corrected chi connectivity index (χ3v) is 2.73. The molecule has 0 aromatic heterocycles. The molecule has 2 rings (SSSR count). The van der Waals surface area contributed by atoms with Gasteiger partial charge in [-0.05, 0) is 0 Å². The van der Waals surface area contributed by atoms with E-state index in [1.165, 1.54) is 0 Å². The van der Waals surface area contributed by atoms with E-state index in [-0.39, 0.29) is 0 Å². The van der Waals surface area contributed by atoms with E-state index in [0.29, 0.717) is 0 Å². The van der Waals surface area contributed by atoms with E-state index in [2.05, 4.69) is 0 Å². The van der Waals surface area contributed by atoms with Crippen molar-refractivity contribution >= 4 is 0 Å². The van der Waals surface area contributed by atoms with E-state index in [9.17, 15) is 40.2 Å². The van der Waals surface area contributed by atoms with Crippen LogP contribution >= 0.6 is 0 Å². The molecule has 118 valence electrons. The van der Waals surface area contributed by atoms with Gasteiger partial charge in [-0.25, -0.2) is 26.3 Å². The minimum absolute atomic E-state index is 1.91. The summed E-state index contributed by atoms with van der Waals surface area (Å²) in [5, 5.41) is 18.1. The van der Waals surface area contributed by atoms with Crippen molar-refractivity contribution in [2.24, 2.45) is 0 Å². The first-order valence-electron chi connectivity index (χ1n) is 5.21. The van der Waals surface area contributed by atoms with Crippen LogP contribution in [0.1, 0.15) is 0 Å². The third-order valence-electron chi connectivity index (χ3n) is 2.73. The lowest BCUT2D eigenvalue weighted by Gasteiger charge is -2.13. The Balaban J connectivity index is 3.03. The summed E-state index contributed by atoms with van der Waals surface area (Å²) in [7, 11) is 0. The Hall–Kier alpha value is -2.52. The van der Waals surface area contributed by atoms with Gasteiger partial charge >= 0.3 is 0 Å². The van der Waals surface area contributed by atoms with E-state index < -0.39 is 69.2 Å². The summed E-state index contributed by atoms with van der Waals surface area (Å²) in [5.74, 6) is -23.9. The summed E-state index contributed by atoms with van der Waals surface area (Å²) in [5.41, 5.74) is -3.97. The zero-order valence-corrected chi connectivity index (χ0v) is 9.92. The molecule has 2 N–H and O–H groups in total. The lowest BCUT2D eigenvalue weighted by atomic mass is 10.0. The first-order valence-corrected chi connectivity index (χ1v) is 5.21. The fourth-order valence-electron chi connectivity index (χ4n) is 1.69. The Kier molecular flexibility index (Phi) is 3.63. The van der Waals surface area contributed by atoms with Crippen LogP contribution in [0.3, 0.4) is 0 Å². The summed E-state index contributed by atoms with van der Waals surface area (Å²) in [4.78, 5) is 0. The van der Waals surface area contributed by atoms with Crippen LogP contribution in [0, 0.1) is 46.5 Å². The lowest BCUT2D eigenvalue weighted by Crippen LogP contribution is -2.06. The second kappa shape index (κ2) is 5.04. The number of hydrogen-bond acceptors (Lipinski definition) is 2. The molecule has 2 nitrogen and oxygen atoms in total. The zero-order chi connectivity index (χ0) is 16.9. The van der Waals surface area contributed by atoms with Gasteiger partial charge in [-0.15, -0.1) is 0 Å². The van der Waals surface area contributed by atoms with Crippen LogP contribution in [0.25, 0.3) is 11.1 Å². The topological polar surface area (TPSA) is 40.5 Å². The van der Waals surface area contributed by atoms with Crippen molar-refractivity contribution in [2.75, 3.05) is 0 Å². The van der Waals surface area contributed by atoms with Crippen molar-refractivity contribution in [1.82, 2.24) is 0 Å². The highest BCUT2D eigenvalue weighted by Crippen LogP contribution is 2.43. The molecule has 0 bridgehead atoms. The molecule has 2 aromatic carbocycles. The minimum atomic E-state index is -2.59. The van der Waals surface area contributed by atoms with Gasteiger partial charge in [-0.2, -0.15) is 8.78 Å². The van der Waals surface area contributed by atoms with Crippen molar-refractivity contribution in [3.05, 3.63) is 46.5 Å². The second-order valence-corrected chi connectivity index (χ2v) is 3.96. The number of halogens is 8. The second-order valence-electron chi connectivity index (χ2n) is 3.96. The van der Waals surface area contributed by atoms with Gasteiger partial charge in [0.1, 0.15) is 0 Å². The molecule has 0 amide bonds. The number of rotatable bonds is 1. The van der Waals surface area contributed by atoms with Gasteiger partial charge in [0.25, 0.3) is 0 Å². The van der Waals surface area contributed by atoms with E-state index >= 15 is 0 Å². The molecular weight excluding hydrogens is 328 g/mol. The largest absolute Gasteiger partial charge is 0.504 e. The summed E-state index contributed by atoms with van der Waals surface area (Å²) < 4.78 is 106. The Morgan fingerprint density at radius 1 is 0.364 bits per heavy atom. The zero-order valence-electron chi connectivity index (χ0n) is 9.92. The molecule has 0 saturated carbocycles. The summed E-state index contributed by atoms with van der Waals surface area (Å²) >= 11 is 0. The third kappa shape index (κ3) is 1.94. The van der Waals surface area contributed by atoms with E-state index in [4.69, 9.17) is 5.11 Å². The molecule has 0 fully saturated rings. The SMILES string of the molecule is Oc1c(F)c(F)c(O)c(-c2c(F)c(F)c(F)c(F)c2F)c1F. The van der Waals surface area contributed by atoms with Crippen LogP contribution in [0.4, 0.5) is 35.1 Å². The van der Waals surface area contributed by atoms with E-state index in [1.807, 2.05) is 0 Å². The van der Waals surface area contributed by atoms with Crippen LogP contribution in [-0.2, 0) is 0 Å². The predicted molar refractivity (Wildman–Crippen MR) is 54.9 cm³/mol. The molecule has 0 aliphatic rings. The van der Waals surface area contributed by atoms with Gasteiger partial charge in [0, 0.05) is 0 Å². The van der Waals surface area contributed by atoms with Crippen LogP contribution in [-0.4, -0.2) is 10.2 Å². The van der Waals surface area contributed by atoms with Gasteiger partial charge in [0.2, 0.25) is 17.5 Å². The van der Waals surface area contributed by atoms with Crippen LogP contribution in [0.15, 0.2) is 0 Å². The molecule has 0 saturated heterocycles. The Labute approximate surface area is 115 Å². The summed E-state index contributed by atoms with van der Waals surface area (Å²) in [6.07, 6.45) is 0. The molecule has 0 radical (unpaired) electrons. The Bertz CT molecular complexity index is 677. The van der Waals surface area contributed by atoms with Gasteiger partial charge in [0.15, 0.2) is 40.6 Å². The fraction of sp³-hybridized carbons (Fsp3) is 0. The highest BCUT2D eigenvalue weighted by molar-refractivity contribution is 5.74. The predicted octanol–water partition coefficient (Wildman–Crippen LogP) is 3.88. The van der Waals surface area contributed by atoms with Crippen molar-refractivity contribution in [3.8, 4) is 22.6 Å². The molecule has 0 heterocycles. The minimum Gasteiger partial charge on any atom is -0.504 e. The Morgan fingerprint density at radius 3 is 1.18 bits per heavy atom. The van der Waals surface area contributed by atoms with Crippen LogP contribution in [0.5, 0.6) is 11.5 Å². The van der Waals surface area contributed by atoms with Crippen molar-refractivity contribution < 1.29 is 45.3 Å². The first-order chi connectivity index (χ1) is 10.1. The van der Waals surface area contributed by atoms with Gasteiger partial charge < -0.3 is 10.2 Å². The smallest absolute Gasteiger partial charge is 0.207 e. The maximum Gasteiger partial charge on any atom is 0.207 e. The molecule has 0 aliphatic heterocycles. The van der Waals surface area contributed by atoms with Crippen molar-refractivity contribution in [1.29, 1.82) is 0 Å². The number of hydrogen-bond donors (Lipinski definition) is 2. The molecule has 0 unspecified atom stereocenters. The molecular formula is C12H2F8O2. The van der Waals surface area contributed by atoms with Gasteiger partial charge in [-0.1, -0.05) is 0 Å². The highest BCUT2D eigenvalue weighted by atomic mass is 19.2. The summed E-state index contributed by atoms with van der Waals surface area (Å²) in [6, 6.07) is 0. The number of phenols is 2. The quantitative estimate of drug-likeness (QED) is 0.361. The highest BCUT2D eigenvalue weighted by Gasteiger charge is 2.33. The van der Waals surface area contributed by atoms with E-state index in [0.717, 1.165) is 0 Å². The number of aromatic hydroxyl groups is 2. The number of phenolic OH excluding ortho intramolecular Hbond substituents is 2. The first kappa shape index (κ1) is 15.9. The maximum atomic E-state index is 13.6. The van der Waals surface area contributed by atoms with Crippen LogP contribution in [0.2, 0.25) is 0 Å². The Morgan fingerprint density at radius 2 is 0.727 bits per heavy atom. The number of benzene rings is 2. The molecule has 22 heavy (non-hydrogen) atoms. The molecule has 0 spiro atoms. The average molecular weight is 330 g/mol. The molecule has 10 heteroatoms. The fourth-order valence-corrected chi connectivity index (χ4v) is 1.69. The monoisotopic (exact) mass is 330 g/mol. The maximum absolute atomic E-state index is 13.6.